The molecular weight excluding hydrogens is 277 g/mol. The Bertz CT molecular complexity index is 338. The Morgan fingerprint density at radius 2 is 2.17 bits per heavy atom. The fourth-order valence-electron chi connectivity index (χ4n) is 1.28. The number of methoxy groups -OCH3 is 1. The minimum atomic E-state index is -0.642. The molecule has 104 valence electrons. The Morgan fingerprint density at radius 3 is 2.67 bits per heavy atom. The fourth-order valence-corrected chi connectivity index (χ4v) is 1.28. The first-order chi connectivity index (χ1) is 7.65. The third-order valence-corrected chi connectivity index (χ3v) is 2.17. The van der Waals surface area contributed by atoms with Gasteiger partial charge in [-0.3, -0.25) is 9.78 Å². The van der Waals surface area contributed by atoms with Gasteiger partial charge in [0.1, 0.15) is 6.04 Å². The van der Waals surface area contributed by atoms with Gasteiger partial charge in [-0.15, -0.1) is 24.8 Å². The van der Waals surface area contributed by atoms with E-state index in [2.05, 4.69) is 10.3 Å². The molecule has 5 nitrogen and oxygen atoms in total. The smallest absolute Gasteiger partial charge is 0.239 e. The van der Waals surface area contributed by atoms with Gasteiger partial charge < -0.3 is 15.8 Å². The van der Waals surface area contributed by atoms with Gasteiger partial charge in [-0.05, 0) is 19.1 Å². The highest BCUT2D eigenvalue weighted by Gasteiger charge is 2.16. The first-order valence-electron chi connectivity index (χ1n) is 5.11. The van der Waals surface area contributed by atoms with Gasteiger partial charge in [0.2, 0.25) is 5.91 Å². The summed E-state index contributed by atoms with van der Waals surface area (Å²) in [6, 6.07) is 4.76. The van der Waals surface area contributed by atoms with E-state index in [-0.39, 0.29) is 43.4 Å². The summed E-state index contributed by atoms with van der Waals surface area (Å²) in [4.78, 5) is 15.7. The largest absolute Gasteiger partial charge is 0.383 e. The van der Waals surface area contributed by atoms with E-state index in [1.807, 2.05) is 25.1 Å². The second-order valence-electron chi connectivity index (χ2n) is 3.55. The number of hydrogen-bond donors (Lipinski definition) is 2. The maximum Gasteiger partial charge on any atom is 0.239 e. The summed E-state index contributed by atoms with van der Waals surface area (Å²) in [7, 11) is 1.51. The van der Waals surface area contributed by atoms with Gasteiger partial charge >= 0.3 is 0 Å². The van der Waals surface area contributed by atoms with Gasteiger partial charge in [0.15, 0.2) is 0 Å². The Hall–Kier alpha value is -0.880. The molecule has 1 heterocycles. The van der Waals surface area contributed by atoms with Crippen LogP contribution in [-0.4, -0.2) is 30.6 Å². The lowest BCUT2D eigenvalue weighted by atomic mass is 10.2. The van der Waals surface area contributed by atoms with Crippen LogP contribution < -0.4 is 11.1 Å². The van der Waals surface area contributed by atoms with Crippen LogP contribution in [0.1, 0.15) is 18.7 Å². The zero-order chi connectivity index (χ0) is 12.0. The molecule has 0 aliphatic rings. The van der Waals surface area contributed by atoms with Gasteiger partial charge in [-0.2, -0.15) is 0 Å². The van der Waals surface area contributed by atoms with Gasteiger partial charge in [-0.25, -0.2) is 0 Å². The van der Waals surface area contributed by atoms with E-state index in [4.69, 9.17) is 10.5 Å². The van der Waals surface area contributed by atoms with Crippen molar-refractivity contribution in [3.05, 3.63) is 30.1 Å². The number of pyridine rings is 1. The van der Waals surface area contributed by atoms with E-state index in [0.717, 1.165) is 5.69 Å². The van der Waals surface area contributed by atoms with Gasteiger partial charge in [0.05, 0.1) is 18.3 Å². The van der Waals surface area contributed by atoms with E-state index >= 15 is 0 Å². The molecule has 1 rings (SSSR count). The molecule has 0 aliphatic heterocycles. The predicted molar refractivity (Wildman–Crippen MR) is 75.1 cm³/mol. The number of carbonyl (C=O) groups is 1. The van der Waals surface area contributed by atoms with Crippen LogP contribution in [0.2, 0.25) is 0 Å². The van der Waals surface area contributed by atoms with Gasteiger partial charge in [-0.1, -0.05) is 6.07 Å². The minimum Gasteiger partial charge on any atom is -0.383 e. The van der Waals surface area contributed by atoms with Crippen LogP contribution in [0.5, 0.6) is 0 Å². The van der Waals surface area contributed by atoms with Crippen molar-refractivity contribution in [2.75, 3.05) is 13.7 Å². The summed E-state index contributed by atoms with van der Waals surface area (Å²) in [6.45, 7) is 2.07. The van der Waals surface area contributed by atoms with Crippen LogP contribution in [-0.2, 0) is 9.53 Å². The molecular formula is C11H19Cl2N3O2. The third-order valence-electron chi connectivity index (χ3n) is 2.17. The molecule has 0 bridgehead atoms. The number of nitrogens with two attached hydrogens (primary N) is 1. The lowest BCUT2D eigenvalue weighted by Gasteiger charge is -2.16. The van der Waals surface area contributed by atoms with Crippen LogP contribution in [0.3, 0.4) is 0 Å². The van der Waals surface area contributed by atoms with Gasteiger partial charge in [0.25, 0.3) is 0 Å². The van der Waals surface area contributed by atoms with Crippen molar-refractivity contribution in [1.82, 2.24) is 10.3 Å². The molecule has 2 unspecified atom stereocenters. The first-order valence-corrected chi connectivity index (χ1v) is 5.11. The number of hydrogen-bond acceptors (Lipinski definition) is 4. The molecule has 0 aliphatic carbocycles. The normalized spacial score (nSPS) is 12.6. The second-order valence-corrected chi connectivity index (χ2v) is 3.55. The molecule has 0 saturated carbocycles. The zero-order valence-corrected chi connectivity index (χ0v) is 12.0. The minimum absolute atomic E-state index is 0. The summed E-state index contributed by atoms with van der Waals surface area (Å²) in [5.41, 5.74) is 6.40. The molecule has 0 aromatic carbocycles. The number of nitrogens with one attached hydrogen (secondary N) is 1. The van der Waals surface area contributed by atoms with Crippen LogP contribution in [0.15, 0.2) is 24.4 Å². The first kappa shape index (κ1) is 19.5. The summed E-state index contributed by atoms with van der Waals surface area (Å²) in [5.74, 6) is -0.236. The lowest BCUT2D eigenvalue weighted by Crippen LogP contribution is -2.44. The predicted octanol–water partition coefficient (Wildman–Crippen LogP) is 1.08. The highest BCUT2D eigenvalue weighted by molar-refractivity contribution is 5.85. The number of rotatable bonds is 5. The molecule has 1 amide bonds. The molecule has 0 radical (unpaired) electrons. The Morgan fingerprint density at radius 1 is 1.50 bits per heavy atom. The highest BCUT2D eigenvalue weighted by atomic mass is 35.5. The highest BCUT2D eigenvalue weighted by Crippen LogP contribution is 2.07. The standard InChI is InChI=1S/C11H17N3O2.2ClH/c1-8(10-5-3-4-6-13-10)14-11(15)9(12)7-16-2;;/h3-6,8-9H,7,12H2,1-2H3,(H,14,15);2*1H. The maximum absolute atomic E-state index is 11.6. The van der Waals surface area contributed by atoms with E-state index in [0.29, 0.717) is 0 Å². The SMILES string of the molecule is COCC(N)C(=O)NC(C)c1ccccn1.Cl.Cl. The van der Waals surface area contributed by atoms with Crippen LogP contribution >= 0.6 is 24.8 Å². The van der Waals surface area contributed by atoms with Crippen molar-refractivity contribution in [1.29, 1.82) is 0 Å². The van der Waals surface area contributed by atoms with E-state index in [9.17, 15) is 4.79 Å². The Balaban J connectivity index is 0. The number of halogens is 2. The summed E-state index contributed by atoms with van der Waals surface area (Å²) in [5, 5.41) is 2.77. The van der Waals surface area contributed by atoms with Crippen molar-refractivity contribution in [3.63, 3.8) is 0 Å². The monoisotopic (exact) mass is 295 g/mol. The molecule has 3 N–H and O–H groups in total. The topological polar surface area (TPSA) is 77.2 Å². The average Bonchev–Trinajstić information content (AvgIpc) is 2.30. The quantitative estimate of drug-likeness (QED) is 0.852. The molecule has 1 aromatic rings. The van der Waals surface area contributed by atoms with Crippen molar-refractivity contribution in [3.8, 4) is 0 Å². The Labute approximate surface area is 119 Å². The van der Waals surface area contributed by atoms with E-state index < -0.39 is 6.04 Å². The van der Waals surface area contributed by atoms with Gasteiger partial charge in [0, 0.05) is 13.3 Å². The number of nitrogens with zero attached hydrogens (tertiary/aromatic N) is 1. The summed E-state index contributed by atoms with van der Waals surface area (Å²) >= 11 is 0. The third kappa shape index (κ3) is 6.16. The molecule has 0 saturated heterocycles. The van der Waals surface area contributed by atoms with Crippen molar-refractivity contribution in [2.45, 2.75) is 19.0 Å². The van der Waals surface area contributed by atoms with Crippen LogP contribution in [0.25, 0.3) is 0 Å². The molecule has 0 fully saturated rings. The number of carbonyl (C=O) groups excluding carboxylic acids is 1. The average molecular weight is 296 g/mol. The van der Waals surface area contributed by atoms with E-state index in [1.165, 1.54) is 7.11 Å². The molecule has 1 aromatic heterocycles. The molecule has 2 atom stereocenters. The van der Waals surface area contributed by atoms with Crippen LogP contribution in [0, 0.1) is 0 Å². The Kier molecular flexibility index (Phi) is 10.9. The fraction of sp³-hybridized carbons (Fsp3) is 0.455. The number of ether oxygens (including phenoxy) is 1. The number of amides is 1. The lowest BCUT2D eigenvalue weighted by molar-refractivity contribution is -0.124. The van der Waals surface area contributed by atoms with Crippen molar-refractivity contribution in [2.24, 2.45) is 5.73 Å². The number of aromatic nitrogens is 1. The van der Waals surface area contributed by atoms with Crippen molar-refractivity contribution >= 4 is 30.7 Å². The molecule has 7 heteroatoms. The summed E-state index contributed by atoms with van der Waals surface area (Å²) < 4.78 is 4.81. The van der Waals surface area contributed by atoms with E-state index in [1.54, 1.807) is 6.20 Å². The zero-order valence-electron chi connectivity index (χ0n) is 10.3. The molecule has 0 spiro atoms. The van der Waals surface area contributed by atoms with Crippen molar-refractivity contribution < 1.29 is 9.53 Å². The summed E-state index contributed by atoms with van der Waals surface area (Å²) in [6.07, 6.45) is 1.69. The second kappa shape index (κ2) is 10.1. The van der Waals surface area contributed by atoms with Crippen LogP contribution in [0.4, 0.5) is 0 Å². The molecule has 18 heavy (non-hydrogen) atoms. The maximum atomic E-state index is 11.6.